The number of methoxy groups -OCH3 is 2. The molecule has 0 radical (unpaired) electrons. The highest BCUT2D eigenvalue weighted by Gasteiger charge is 2.35. The quantitative estimate of drug-likeness (QED) is 0.347. The zero-order chi connectivity index (χ0) is 27.4. The Balaban J connectivity index is 1.76. The molecule has 0 aliphatic carbocycles. The molecule has 1 amide bonds. The number of carbonyl (C=O) groups is 1. The van der Waals surface area contributed by atoms with Crippen LogP contribution in [0.5, 0.6) is 23.0 Å². The van der Waals surface area contributed by atoms with Gasteiger partial charge in [0.1, 0.15) is 29.0 Å². The Kier molecular flexibility index (Phi) is 8.08. The van der Waals surface area contributed by atoms with Crippen molar-refractivity contribution in [1.82, 2.24) is 0 Å². The maximum atomic E-state index is 14.0. The fraction of sp³-hybridized carbons (Fsp3) is 0.269. The zero-order valence-corrected chi connectivity index (χ0v) is 21.1. The number of carbonyl (C=O) groups excluding carboxylic acids is 1. The monoisotopic (exact) mass is 552 g/mol. The number of halogens is 4. The normalized spacial score (nSPS) is 13.5. The van der Waals surface area contributed by atoms with Crippen LogP contribution in [-0.4, -0.2) is 44.9 Å². The molecule has 0 saturated carbocycles. The van der Waals surface area contributed by atoms with Gasteiger partial charge in [-0.15, -0.1) is 13.2 Å². The van der Waals surface area contributed by atoms with Crippen molar-refractivity contribution in [2.75, 3.05) is 37.8 Å². The summed E-state index contributed by atoms with van der Waals surface area (Å²) in [6.45, 7) is -0.332. The molecule has 3 aromatic carbocycles. The fourth-order valence-corrected chi connectivity index (χ4v) is 4.40. The molecule has 0 aromatic heterocycles. The summed E-state index contributed by atoms with van der Waals surface area (Å²) in [6.07, 6.45) is -4.42. The molecule has 0 spiro atoms. The number of aliphatic hydroxyl groups excluding tert-OH is 1. The lowest BCUT2D eigenvalue weighted by Crippen LogP contribution is -2.37. The van der Waals surface area contributed by atoms with Gasteiger partial charge in [-0.05, 0) is 30.2 Å². The third kappa shape index (κ3) is 6.17. The fourth-order valence-electron chi connectivity index (χ4n) is 4.23. The minimum atomic E-state index is -4.87. The van der Waals surface area contributed by atoms with E-state index in [1.54, 1.807) is 36.4 Å². The number of fused-ring (bicyclic) bond motifs is 1. The Morgan fingerprint density at radius 1 is 1.05 bits per heavy atom. The number of anilines is 2. The van der Waals surface area contributed by atoms with Gasteiger partial charge in [0.25, 0.3) is 5.91 Å². The van der Waals surface area contributed by atoms with Crippen molar-refractivity contribution in [2.24, 2.45) is 0 Å². The van der Waals surface area contributed by atoms with Crippen LogP contribution < -0.4 is 29.2 Å². The largest absolute Gasteiger partial charge is 0.573 e. The molecule has 8 nitrogen and oxygen atoms in total. The van der Waals surface area contributed by atoms with Crippen LogP contribution in [0.2, 0.25) is 5.02 Å². The molecule has 1 heterocycles. The minimum absolute atomic E-state index is 0.245. The lowest BCUT2D eigenvalue weighted by Gasteiger charge is -2.27. The Hall–Kier alpha value is -3.83. The van der Waals surface area contributed by atoms with Gasteiger partial charge in [-0.2, -0.15) is 0 Å². The second kappa shape index (κ2) is 11.3. The summed E-state index contributed by atoms with van der Waals surface area (Å²) in [5.74, 6) is 0.119. The van der Waals surface area contributed by atoms with Gasteiger partial charge in [-0.25, -0.2) is 0 Å². The van der Waals surface area contributed by atoms with Crippen LogP contribution in [0.4, 0.5) is 24.5 Å². The second-order valence-corrected chi connectivity index (χ2v) is 8.65. The van der Waals surface area contributed by atoms with Gasteiger partial charge in [0, 0.05) is 47.1 Å². The van der Waals surface area contributed by atoms with Crippen molar-refractivity contribution in [2.45, 2.75) is 18.8 Å². The molecule has 1 aliphatic rings. The first-order chi connectivity index (χ1) is 18.1. The first kappa shape index (κ1) is 27.2. The lowest BCUT2D eigenvalue weighted by atomic mass is 10.0. The van der Waals surface area contributed by atoms with E-state index in [0.717, 1.165) is 0 Å². The number of alkyl halides is 3. The van der Waals surface area contributed by atoms with Crippen molar-refractivity contribution < 1.29 is 42.0 Å². The summed E-state index contributed by atoms with van der Waals surface area (Å²) >= 11 is 6.14. The second-order valence-electron chi connectivity index (χ2n) is 8.21. The molecule has 3 aromatic rings. The molecular weight excluding hydrogens is 529 g/mol. The van der Waals surface area contributed by atoms with E-state index in [9.17, 15) is 23.1 Å². The van der Waals surface area contributed by atoms with E-state index < -0.39 is 30.9 Å². The molecule has 12 heteroatoms. The standard InChI is InChI=1S/C26H24ClF3N2O6/c1-35-19-10-17(11-20(12-19)37-14-33)31-24(21-6-4-16(27)9-23(21)36-2)25(34)32-8-7-15-3-5-18(13-22(15)32)38-26(28,29)30/h3-6,9-13,24,31,33H,7-8,14H2,1-2H3. The number of aliphatic hydroxyl groups is 1. The van der Waals surface area contributed by atoms with Gasteiger partial charge in [0.05, 0.1) is 19.9 Å². The molecule has 2 N–H and O–H groups in total. The van der Waals surface area contributed by atoms with E-state index in [1.807, 2.05) is 0 Å². The third-order valence-corrected chi connectivity index (χ3v) is 6.10. The maximum Gasteiger partial charge on any atom is 0.573 e. The number of nitrogens with one attached hydrogen (secondary N) is 1. The van der Waals surface area contributed by atoms with Crippen LogP contribution in [0.1, 0.15) is 17.2 Å². The molecule has 0 saturated heterocycles. The van der Waals surface area contributed by atoms with Crippen molar-refractivity contribution in [1.29, 1.82) is 0 Å². The van der Waals surface area contributed by atoms with Crippen molar-refractivity contribution in [3.8, 4) is 23.0 Å². The average molecular weight is 553 g/mol. The van der Waals surface area contributed by atoms with E-state index in [0.29, 0.717) is 45.4 Å². The highest BCUT2D eigenvalue weighted by atomic mass is 35.5. The molecule has 1 unspecified atom stereocenters. The van der Waals surface area contributed by atoms with Gasteiger partial charge < -0.3 is 34.3 Å². The highest BCUT2D eigenvalue weighted by Crippen LogP contribution is 2.39. The van der Waals surface area contributed by atoms with E-state index >= 15 is 0 Å². The lowest BCUT2D eigenvalue weighted by molar-refractivity contribution is -0.274. The summed E-state index contributed by atoms with van der Waals surface area (Å²) in [7, 11) is 2.88. The molecule has 0 bridgehead atoms. The number of amides is 1. The van der Waals surface area contributed by atoms with Gasteiger partial charge >= 0.3 is 6.36 Å². The number of nitrogens with zero attached hydrogens (tertiary/aromatic N) is 1. The van der Waals surface area contributed by atoms with Crippen molar-refractivity contribution in [3.05, 3.63) is 70.7 Å². The average Bonchev–Trinajstić information content (AvgIpc) is 3.29. The summed E-state index contributed by atoms with van der Waals surface area (Å²) < 4.78 is 58.5. The minimum Gasteiger partial charge on any atom is -0.497 e. The predicted octanol–water partition coefficient (Wildman–Crippen LogP) is 5.33. The summed E-state index contributed by atoms with van der Waals surface area (Å²) in [5, 5.41) is 12.7. The molecule has 1 atom stereocenters. The van der Waals surface area contributed by atoms with Crippen LogP contribution in [-0.2, 0) is 11.2 Å². The van der Waals surface area contributed by atoms with Crippen LogP contribution in [0, 0.1) is 0 Å². The van der Waals surface area contributed by atoms with E-state index in [-0.39, 0.29) is 12.3 Å². The molecular formula is C26H24ClF3N2O6. The molecule has 1 aliphatic heterocycles. The Morgan fingerprint density at radius 2 is 1.82 bits per heavy atom. The Labute approximate surface area is 221 Å². The van der Waals surface area contributed by atoms with Crippen LogP contribution in [0.3, 0.4) is 0 Å². The summed E-state index contributed by atoms with van der Waals surface area (Å²) in [6, 6.07) is 12.4. The molecule has 4 rings (SSSR count). The number of ether oxygens (including phenoxy) is 4. The molecule has 202 valence electrons. The number of hydrogen-bond donors (Lipinski definition) is 2. The summed E-state index contributed by atoms with van der Waals surface area (Å²) in [4.78, 5) is 15.4. The first-order valence-corrected chi connectivity index (χ1v) is 11.7. The van der Waals surface area contributed by atoms with Crippen molar-refractivity contribution >= 4 is 28.9 Å². The number of hydrogen-bond acceptors (Lipinski definition) is 7. The van der Waals surface area contributed by atoms with E-state index in [4.69, 9.17) is 25.8 Å². The van der Waals surface area contributed by atoms with Gasteiger partial charge in [-0.1, -0.05) is 23.7 Å². The van der Waals surface area contributed by atoms with E-state index in [2.05, 4.69) is 10.1 Å². The SMILES string of the molecule is COc1cc(NC(C(=O)N2CCc3ccc(OC(F)(F)F)cc32)c2ccc(Cl)cc2OC)cc(OCO)c1. The Bertz CT molecular complexity index is 1320. The first-order valence-electron chi connectivity index (χ1n) is 11.3. The topological polar surface area (TPSA) is 89.5 Å². The van der Waals surface area contributed by atoms with E-state index in [1.165, 1.54) is 37.3 Å². The van der Waals surface area contributed by atoms with Crippen LogP contribution >= 0.6 is 11.6 Å². The van der Waals surface area contributed by atoms with Gasteiger partial charge in [0.2, 0.25) is 0 Å². The van der Waals surface area contributed by atoms with Crippen molar-refractivity contribution in [3.63, 3.8) is 0 Å². The molecule has 38 heavy (non-hydrogen) atoms. The number of benzene rings is 3. The number of rotatable bonds is 9. The third-order valence-electron chi connectivity index (χ3n) is 5.86. The van der Waals surface area contributed by atoms with Gasteiger partial charge in [0.15, 0.2) is 6.79 Å². The zero-order valence-electron chi connectivity index (χ0n) is 20.3. The predicted molar refractivity (Wildman–Crippen MR) is 134 cm³/mol. The van der Waals surface area contributed by atoms with Crippen LogP contribution in [0.25, 0.3) is 0 Å². The highest BCUT2D eigenvalue weighted by molar-refractivity contribution is 6.30. The van der Waals surface area contributed by atoms with Gasteiger partial charge in [-0.3, -0.25) is 4.79 Å². The van der Waals surface area contributed by atoms with Crippen LogP contribution in [0.15, 0.2) is 54.6 Å². The maximum absolute atomic E-state index is 14.0. The smallest absolute Gasteiger partial charge is 0.497 e. The molecule has 0 fully saturated rings. The Morgan fingerprint density at radius 3 is 2.50 bits per heavy atom. The summed E-state index contributed by atoms with van der Waals surface area (Å²) in [5.41, 5.74) is 1.86.